The predicted octanol–water partition coefficient (Wildman–Crippen LogP) is 5.77. The maximum absolute atomic E-state index is 10.7. The molecule has 3 aromatic carbocycles. The summed E-state index contributed by atoms with van der Waals surface area (Å²) in [6.07, 6.45) is 4.19. The van der Waals surface area contributed by atoms with E-state index in [0.717, 1.165) is 34.4 Å². The molecule has 3 aromatic rings. The van der Waals surface area contributed by atoms with Crippen molar-refractivity contribution in [3.05, 3.63) is 78.4 Å². The molecule has 0 saturated heterocycles. The van der Waals surface area contributed by atoms with Gasteiger partial charge in [-0.15, -0.1) is 0 Å². The molecule has 1 N–H and O–H groups in total. The molecule has 116 valence electrons. The highest BCUT2D eigenvalue weighted by Crippen LogP contribution is 2.48. The van der Waals surface area contributed by atoms with E-state index in [1.165, 1.54) is 15.9 Å². The average molecular weight is 329 g/mol. The Morgan fingerprint density at radius 3 is 2.46 bits per heavy atom. The summed E-state index contributed by atoms with van der Waals surface area (Å²) < 4.78 is 0. The molecule has 3 heteroatoms. The number of benzene rings is 3. The molecule has 0 bridgehead atoms. The van der Waals surface area contributed by atoms with Gasteiger partial charge < -0.3 is 5.32 Å². The first-order valence-corrected chi connectivity index (χ1v) is 8.56. The Kier molecular flexibility index (Phi) is 3.93. The van der Waals surface area contributed by atoms with Gasteiger partial charge >= 0.3 is 0 Å². The lowest BCUT2D eigenvalue weighted by atomic mass is 9.97. The average Bonchev–Trinajstić information content (AvgIpc) is 2.64. The largest absolute Gasteiger partial charge is 0.353 e. The van der Waals surface area contributed by atoms with Gasteiger partial charge in [-0.1, -0.05) is 66.4 Å². The first-order chi connectivity index (χ1) is 11.9. The van der Waals surface area contributed by atoms with Gasteiger partial charge in [-0.25, -0.2) is 0 Å². The molecular weight excluding hydrogens is 314 g/mol. The lowest BCUT2D eigenvalue weighted by Crippen LogP contribution is -2.01. The molecule has 24 heavy (non-hydrogen) atoms. The zero-order chi connectivity index (χ0) is 16.4. The zero-order valence-electron chi connectivity index (χ0n) is 12.9. The third-order valence-corrected chi connectivity index (χ3v) is 5.13. The van der Waals surface area contributed by atoms with Gasteiger partial charge in [-0.2, -0.15) is 0 Å². The molecule has 0 radical (unpaired) electrons. The molecule has 0 saturated carbocycles. The summed E-state index contributed by atoms with van der Waals surface area (Å²) in [5.41, 5.74) is 5.53. The second-order valence-corrected chi connectivity index (χ2v) is 6.57. The number of fused-ring (bicyclic) bond motifs is 2. The summed E-state index contributed by atoms with van der Waals surface area (Å²) in [6, 6.07) is 22.8. The molecule has 0 fully saturated rings. The van der Waals surface area contributed by atoms with Crippen LogP contribution in [0.5, 0.6) is 0 Å². The topological polar surface area (TPSA) is 29.1 Å². The minimum Gasteiger partial charge on any atom is -0.353 e. The van der Waals surface area contributed by atoms with E-state index < -0.39 is 0 Å². The second-order valence-electron chi connectivity index (χ2n) is 5.48. The third kappa shape index (κ3) is 2.63. The van der Waals surface area contributed by atoms with Gasteiger partial charge in [0.25, 0.3) is 0 Å². The number of hydrogen-bond acceptors (Lipinski definition) is 3. The normalized spacial score (nSPS) is 12.3. The van der Waals surface area contributed by atoms with Crippen molar-refractivity contribution in [3.8, 4) is 11.1 Å². The molecule has 1 heterocycles. The first-order valence-electron chi connectivity index (χ1n) is 7.75. The van der Waals surface area contributed by atoms with Gasteiger partial charge in [0.1, 0.15) is 6.29 Å². The lowest BCUT2D eigenvalue weighted by molar-refractivity contribution is -0.104. The molecule has 0 aromatic heterocycles. The van der Waals surface area contributed by atoms with Crippen molar-refractivity contribution < 1.29 is 4.79 Å². The van der Waals surface area contributed by atoms with Crippen molar-refractivity contribution in [3.63, 3.8) is 0 Å². The number of hydrogen-bond donors (Lipinski definition) is 1. The van der Waals surface area contributed by atoms with E-state index in [2.05, 4.69) is 47.8 Å². The van der Waals surface area contributed by atoms with E-state index in [9.17, 15) is 4.79 Å². The Morgan fingerprint density at radius 1 is 0.792 bits per heavy atom. The summed E-state index contributed by atoms with van der Waals surface area (Å²) in [5, 5.41) is 3.58. The fraction of sp³-hybridized carbons (Fsp3) is 0. The van der Waals surface area contributed by atoms with Gasteiger partial charge in [0.15, 0.2) is 0 Å². The molecule has 0 aliphatic carbocycles. The number of allylic oxidation sites excluding steroid dienone is 1. The number of carbonyl (C=O) groups excluding carboxylic acids is 1. The Morgan fingerprint density at radius 2 is 1.54 bits per heavy atom. The van der Waals surface area contributed by atoms with Crippen LogP contribution in [0.25, 0.3) is 17.2 Å². The SMILES string of the molecule is O=CC=Cc1ccccc1-c1cccc2c1Nc1ccccc1S2. The van der Waals surface area contributed by atoms with Gasteiger partial charge in [0.05, 0.1) is 11.4 Å². The molecule has 0 amide bonds. The molecule has 2 nitrogen and oxygen atoms in total. The Labute approximate surface area is 145 Å². The molecule has 1 aliphatic heterocycles. The van der Waals surface area contributed by atoms with Crippen molar-refractivity contribution in [2.45, 2.75) is 9.79 Å². The molecule has 1 aliphatic rings. The first kappa shape index (κ1) is 14.8. The molecule has 4 rings (SSSR count). The van der Waals surface area contributed by atoms with Gasteiger partial charge in [0, 0.05) is 15.4 Å². The predicted molar refractivity (Wildman–Crippen MR) is 101 cm³/mol. The summed E-state index contributed by atoms with van der Waals surface area (Å²) >= 11 is 1.78. The van der Waals surface area contributed by atoms with Crippen LogP contribution in [0.15, 0.2) is 82.6 Å². The second kappa shape index (κ2) is 6.38. The summed E-state index contributed by atoms with van der Waals surface area (Å²) in [5.74, 6) is 0. The fourth-order valence-corrected chi connectivity index (χ4v) is 3.93. The number of para-hydroxylation sites is 2. The minimum atomic E-state index is 0.807. The summed E-state index contributed by atoms with van der Waals surface area (Å²) in [4.78, 5) is 13.1. The van der Waals surface area contributed by atoms with E-state index in [0.29, 0.717) is 0 Å². The lowest BCUT2D eigenvalue weighted by Gasteiger charge is -2.24. The highest BCUT2D eigenvalue weighted by atomic mass is 32.2. The van der Waals surface area contributed by atoms with Crippen molar-refractivity contribution in [2.75, 3.05) is 5.32 Å². The Hall–Kier alpha value is -2.78. The van der Waals surface area contributed by atoms with Crippen LogP contribution in [-0.2, 0) is 4.79 Å². The van der Waals surface area contributed by atoms with Crippen molar-refractivity contribution in [2.24, 2.45) is 0 Å². The van der Waals surface area contributed by atoms with Crippen LogP contribution in [0.1, 0.15) is 5.56 Å². The van der Waals surface area contributed by atoms with E-state index in [1.54, 1.807) is 11.8 Å². The molecular formula is C21H15NOS. The zero-order valence-corrected chi connectivity index (χ0v) is 13.7. The van der Waals surface area contributed by atoms with Crippen molar-refractivity contribution in [1.29, 1.82) is 0 Å². The quantitative estimate of drug-likeness (QED) is 0.382. The fourth-order valence-electron chi connectivity index (χ4n) is 2.91. The van der Waals surface area contributed by atoms with Crippen molar-refractivity contribution >= 4 is 35.5 Å². The standard InChI is InChI=1S/C21H15NOS/c23-14-6-8-15-7-1-2-9-16(15)17-10-5-13-20-21(17)22-18-11-3-4-12-19(18)24-20/h1-14,22H. The van der Waals surface area contributed by atoms with Crippen LogP contribution in [0.2, 0.25) is 0 Å². The van der Waals surface area contributed by atoms with Crippen LogP contribution in [-0.4, -0.2) is 6.29 Å². The smallest absolute Gasteiger partial charge is 0.142 e. The monoisotopic (exact) mass is 329 g/mol. The third-order valence-electron chi connectivity index (χ3n) is 4.00. The number of carbonyl (C=O) groups is 1. The maximum Gasteiger partial charge on any atom is 0.142 e. The number of nitrogens with one attached hydrogen (secondary N) is 1. The van der Waals surface area contributed by atoms with Gasteiger partial charge in [0.2, 0.25) is 0 Å². The van der Waals surface area contributed by atoms with E-state index in [-0.39, 0.29) is 0 Å². The molecule has 0 unspecified atom stereocenters. The van der Waals surface area contributed by atoms with E-state index in [4.69, 9.17) is 0 Å². The number of aldehydes is 1. The van der Waals surface area contributed by atoms with Crippen LogP contribution >= 0.6 is 11.8 Å². The summed E-state index contributed by atoms with van der Waals surface area (Å²) in [7, 11) is 0. The highest BCUT2D eigenvalue weighted by Gasteiger charge is 2.19. The van der Waals surface area contributed by atoms with Crippen LogP contribution in [0.3, 0.4) is 0 Å². The Bertz CT molecular complexity index is 946. The highest BCUT2D eigenvalue weighted by molar-refractivity contribution is 7.99. The Balaban J connectivity index is 1.86. The van der Waals surface area contributed by atoms with E-state index in [1.807, 2.05) is 30.3 Å². The van der Waals surface area contributed by atoms with Gasteiger partial charge in [-0.05, 0) is 35.4 Å². The molecule has 0 atom stereocenters. The van der Waals surface area contributed by atoms with E-state index >= 15 is 0 Å². The number of anilines is 2. The number of rotatable bonds is 3. The minimum absolute atomic E-state index is 0.807. The van der Waals surface area contributed by atoms with Crippen LogP contribution in [0, 0.1) is 0 Å². The van der Waals surface area contributed by atoms with Gasteiger partial charge in [-0.3, -0.25) is 4.79 Å². The summed E-state index contributed by atoms with van der Waals surface area (Å²) in [6.45, 7) is 0. The van der Waals surface area contributed by atoms with Crippen LogP contribution < -0.4 is 5.32 Å². The molecule has 0 spiro atoms. The maximum atomic E-state index is 10.7. The van der Waals surface area contributed by atoms with Crippen LogP contribution in [0.4, 0.5) is 11.4 Å². The van der Waals surface area contributed by atoms with Crippen molar-refractivity contribution in [1.82, 2.24) is 0 Å².